The molecule has 2 bridgehead atoms. The second kappa shape index (κ2) is 13.3. The number of likely N-dealkylation sites (N-methyl/N-ethyl adjacent to an activating group) is 1. The molecular weight excluding hydrogens is 674 g/mol. The maximum Gasteiger partial charge on any atom is 0.353 e. The highest BCUT2D eigenvalue weighted by Gasteiger charge is 2.72. The summed E-state index contributed by atoms with van der Waals surface area (Å²) in [6.07, 6.45) is -6.51. The fraction of sp³-hybridized carbons (Fsp3) is 0.429. The number of hydrogen-bond donors (Lipinski definition) is 4. The molecule has 51 heavy (non-hydrogen) atoms. The van der Waals surface area contributed by atoms with Crippen molar-refractivity contribution in [2.24, 2.45) is 0 Å². The highest BCUT2D eigenvalue weighted by molar-refractivity contribution is 5.88. The van der Waals surface area contributed by atoms with Gasteiger partial charge in [0.15, 0.2) is 17.6 Å². The van der Waals surface area contributed by atoms with Crippen LogP contribution < -0.4 is 4.74 Å². The Bertz CT molecular complexity index is 1820. The van der Waals surface area contributed by atoms with E-state index < -0.39 is 84.1 Å². The summed E-state index contributed by atoms with van der Waals surface area (Å²) < 4.78 is 27.3. The number of benzene rings is 2. The molecule has 16 heteroatoms. The van der Waals surface area contributed by atoms with E-state index in [1.807, 2.05) is 7.05 Å². The number of hydrogen-bond acceptors (Lipinski definition) is 14. The van der Waals surface area contributed by atoms with Gasteiger partial charge in [-0.25, -0.2) is 14.4 Å². The monoisotopic (exact) mass is 709 g/mol. The lowest BCUT2D eigenvalue weighted by atomic mass is 9.50. The van der Waals surface area contributed by atoms with Crippen LogP contribution in [0.2, 0.25) is 0 Å². The van der Waals surface area contributed by atoms with Crippen LogP contribution >= 0.6 is 0 Å². The van der Waals surface area contributed by atoms with Crippen molar-refractivity contribution in [3.8, 4) is 11.5 Å². The largest absolute Gasteiger partial charge is 0.504 e. The topological polar surface area (TPSA) is 233 Å². The first-order chi connectivity index (χ1) is 24.2. The van der Waals surface area contributed by atoms with Crippen molar-refractivity contribution in [1.29, 1.82) is 0 Å². The number of carbonyl (C=O) groups is 6. The highest BCUT2D eigenvalue weighted by Crippen LogP contribution is 2.65. The Kier molecular flexibility index (Phi) is 9.24. The van der Waals surface area contributed by atoms with Crippen molar-refractivity contribution in [3.63, 3.8) is 0 Å². The Labute approximate surface area is 290 Å². The average Bonchev–Trinajstić information content (AvgIpc) is 3.43. The van der Waals surface area contributed by atoms with Gasteiger partial charge in [0.25, 0.3) is 0 Å². The van der Waals surface area contributed by atoms with E-state index in [1.165, 1.54) is 36.4 Å². The van der Waals surface area contributed by atoms with Crippen molar-refractivity contribution in [2.45, 2.75) is 80.5 Å². The van der Waals surface area contributed by atoms with Crippen molar-refractivity contribution >= 4 is 35.8 Å². The lowest BCUT2D eigenvalue weighted by Crippen LogP contribution is -2.74. The third-order valence-corrected chi connectivity index (χ3v) is 9.95. The molecule has 4 N–H and O–H groups in total. The van der Waals surface area contributed by atoms with Gasteiger partial charge in [-0.2, -0.15) is 0 Å². The number of aromatic hydroxyl groups is 1. The maximum absolute atomic E-state index is 13.5. The standard InChI is InChI=1S/C35H35NO15/c1-17(37)47-23(32(44)51-28(18-6-4-3-5-7-18)33(45)49-22(31(42)43)15-25(39)40)16-26(41)48-21-10-11-35(46)24-14-19-8-9-20(38)29-27(19)34(35,30(21)50-29)12-13-36(24)2/h3-10,22-24,28,30,38,46H,11-16H2,1-2H3,(H,39,40)(H,42,43)/t22-,23-,24+,28-,30-,34-,35+/m0/s1. The lowest BCUT2D eigenvalue weighted by molar-refractivity contribution is -0.186. The van der Waals surface area contributed by atoms with Crippen LogP contribution in [-0.4, -0.2) is 105 Å². The Hall–Kier alpha value is -5.48. The predicted molar refractivity (Wildman–Crippen MR) is 168 cm³/mol. The van der Waals surface area contributed by atoms with Gasteiger partial charge >= 0.3 is 35.8 Å². The molecule has 4 aliphatic rings. The normalized spacial score (nSPS) is 25.8. The van der Waals surface area contributed by atoms with Crippen LogP contribution in [0.15, 0.2) is 54.3 Å². The summed E-state index contributed by atoms with van der Waals surface area (Å²) in [5.74, 6) is -8.14. The van der Waals surface area contributed by atoms with Crippen LogP contribution in [0.4, 0.5) is 0 Å². The number of carboxylic acid groups (broad SMARTS) is 2. The van der Waals surface area contributed by atoms with Crippen molar-refractivity contribution in [3.05, 3.63) is 71.0 Å². The zero-order chi connectivity index (χ0) is 36.8. The first-order valence-electron chi connectivity index (χ1n) is 16.1. The first kappa shape index (κ1) is 35.3. The SMILES string of the molecule is CC(=O)O[C@@H](CC(=O)OC1=CC[C@@]2(O)[C@H]3Cc4ccc(O)c5c4[C@@]2(CCN3C)[C@H]1O5)C(=O)O[C@H](C(=O)O[C@@H](CC(=O)O)C(=O)O)c1ccccc1. The van der Waals surface area contributed by atoms with Gasteiger partial charge in [0, 0.05) is 30.5 Å². The fourth-order valence-corrected chi connectivity index (χ4v) is 7.75. The zero-order valence-electron chi connectivity index (χ0n) is 27.5. The molecule has 1 spiro atoms. The minimum absolute atomic E-state index is 0.00283. The van der Waals surface area contributed by atoms with E-state index in [4.69, 9.17) is 28.8 Å². The van der Waals surface area contributed by atoms with Crippen LogP contribution in [0.25, 0.3) is 0 Å². The van der Waals surface area contributed by atoms with E-state index in [0.717, 1.165) is 12.5 Å². The number of likely N-dealkylation sites (tertiary alicyclic amines) is 1. The summed E-state index contributed by atoms with van der Waals surface area (Å²) in [7, 11) is 1.92. The number of rotatable bonds is 12. The number of piperidine rings is 1. The molecule has 0 saturated carbocycles. The Morgan fingerprint density at radius 3 is 2.35 bits per heavy atom. The quantitative estimate of drug-likeness (QED) is 0.180. The number of carboxylic acids is 2. The van der Waals surface area contributed by atoms with E-state index >= 15 is 0 Å². The van der Waals surface area contributed by atoms with Gasteiger partial charge in [-0.15, -0.1) is 0 Å². The molecule has 0 aromatic heterocycles. The second-order valence-corrected chi connectivity index (χ2v) is 13.0. The first-order valence-corrected chi connectivity index (χ1v) is 16.1. The third kappa shape index (κ3) is 6.14. The highest BCUT2D eigenvalue weighted by atomic mass is 16.6. The number of aliphatic carboxylic acids is 2. The second-order valence-electron chi connectivity index (χ2n) is 13.0. The smallest absolute Gasteiger partial charge is 0.353 e. The van der Waals surface area contributed by atoms with E-state index in [-0.39, 0.29) is 35.3 Å². The molecule has 0 amide bonds. The van der Waals surface area contributed by atoms with Crippen LogP contribution in [-0.2, 0) is 59.6 Å². The van der Waals surface area contributed by atoms with Crippen LogP contribution in [0, 0.1) is 0 Å². The van der Waals surface area contributed by atoms with Gasteiger partial charge in [0.05, 0.1) is 23.9 Å². The summed E-state index contributed by atoms with van der Waals surface area (Å²) in [6, 6.07) is 10.2. The molecule has 2 aromatic carbocycles. The van der Waals surface area contributed by atoms with Gasteiger partial charge in [-0.05, 0) is 44.1 Å². The summed E-state index contributed by atoms with van der Waals surface area (Å²) in [4.78, 5) is 76.8. The summed E-state index contributed by atoms with van der Waals surface area (Å²) in [5, 5.41) is 41.4. The number of ether oxygens (including phenoxy) is 5. The van der Waals surface area contributed by atoms with Crippen molar-refractivity contribution < 1.29 is 72.9 Å². The molecule has 2 aliphatic carbocycles. The Morgan fingerprint density at radius 2 is 1.69 bits per heavy atom. The van der Waals surface area contributed by atoms with E-state index in [1.54, 1.807) is 12.1 Å². The number of phenols is 1. The average molecular weight is 710 g/mol. The molecule has 1 fully saturated rings. The van der Waals surface area contributed by atoms with Gasteiger partial charge in [-0.1, -0.05) is 36.4 Å². The molecule has 270 valence electrons. The molecule has 2 aliphatic heterocycles. The van der Waals surface area contributed by atoms with Gasteiger partial charge in [0.1, 0.15) is 5.76 Å². The molecule has 7 atom stereocenters. The minimum Gasteiger partial charge on any atom is -0.504 e. The Morgan fingerprint density at radius 1 is 0.961 bits per heavy atom. The molecular formula is C35H35NO15. The molecule has 2 heterocycles. The minimum atomic E-state index is -2.12. The van der Waals surface area contributed by atoms with Gasteiger partial charge in [0.2, 0.25) is 18.3 Å². The third-order valence-electron chi connectivity index (χ3n) is 9.95. The van der Waals surface area contributed by atoms with Gasteiger partial charge in [-0.3, -0.25) is 14.4 Å². The summed E-state index contributed by atoms with van der Waals surface area (Å²) in [5.41, 5.74) is -0.845. The molecule has 16 nitrogen and oxygen atoms in total. The van der Waals surface area contributed by atoms with Crippen LogP contribution in [0.3, 0.4) is 0 Å². The summed E-state index contributed by atoms with van der Waals surface area (Å²) in [6.45, 7) is 1.55. The maximum atomic E-state index is 13.5. The Balaban J connectivity index is 1.23. The molecule has 0 radical (unpaired) electrons. The number of aliphatic hydroxyl groups is 1. The number of nitrogens with zero attached hydrogens (tertiary/aromatic N) is 1. The number of carbonyl (C=O) groups excluding carboxylic acids is 4. The van der Waals surface area contributed by atoms with E-state index in [2.05, 4.69) is 4.90 Å². The van der Waals surface area contributed by atoms with E-state index in [9.17, 15) is 44.1 Å². The number of esters is 4. The van der Waals surface area contributed by atoms with Crippen LogP contribution in [0.1, 0.15) is 55.4 Å². The van der Waals surface area contributed by atoms with Crippen LogP contribution in [0.5, 0.6) is 11.5 Å². The lowest BCUT2D eigenvalue weighted by Gasteiger charge is -2.61. The fourth-order valence-electron chi connectivity index (χ4n) is 7.75. The van der Waals surface area contributed by atoms with E-state index in [0.29, 0.717) is 24.9 Å². The van der Waals surface area contributed by atoms with Crippen molar-refractivity contribution in [1.82, 2.24) is 4.90 Å². The zero-order valence-corrected chi connectivity index (χ0v) is 27.5. The summed E-state index contributed by atoms with van der Waals surface area (Å²) >= 11 is 0. The predicted octanol–water partition coefficient (Wildman–Crippen LogP) is 1.29. The molecule has 6 rings (SSSR count). The number of phenolic OH excluding ortho intramolecular Hbond substituents is 1. The van der Waals surface area contributed by atoms with Gasteiger partial charge < -0.3 is 49.0 Å². The molecule has 0 unspecified atom stereocenters. The van der Waals surface area contributed by atoms with Crippen molar-refractivity contribution in [2.75, 3.05) is 13.6 Å². The molecule has 2 aromatic rings. The molecule has 1 saturated heterocycles.